The highest BCUT2D eigenvalue weighted by atomic mass is 32.2. The topological polar surface area (TPSA) is 84.5 Å². The van der Waals surface area contributed by atoms with Crippen LogP contribution in [0, 0.1) is 19.7 Å². The normalized spacial score (nSPS) is 12.2. The fourth-order valence-corrected chi connectivity index (χ4v) is 4.80. The summed E-state index contributed by atoms with van der Waals surface area (Å²) in [6.45, 7) is 3.81. The molecule has 8 heteroatoms. The van der Waals surface area contributed by atoms with Gasteiger partial charge in [0.2, 0.25) is 15.9 Å². The maximum absolute atomic E-state index is 13.8. The lowest BCUT2D eigenvalue weighted by atomic mass is 10.1. The number of carbonyl (C=O) groups excluding carboxylic acids is 1. The third-order valence-corrected chi connectivity index (χ3v) is 6.29. The first-order valence-corrected chi connectivity index (χ1v) is 11.5. The SMILES string of the molecule is COc1ccc(F)cc1S(=O)(=O)NC(Cc1ccccc1)C(=O)Nc1cc(C)cc(C)c1. The molecule has 32 heavy (non-hydrogen) atoms. The van der Waals surface area contributed by atoms with Gasteiger partial charge in [0.15, 0.2) is 0 Å². The van der Waals surface area contributed by atoms with Crippen LogP contribution in [0.1, 0.15) is 16.7 Å². The number of methoxy groups -OCH3 is 1. The number of amides is 1. The predicted octanol–water partition coefficient (Wildman–Crippen LogP) is 3.98. The molecule has 0 saturated heterocycles. The van der Waals surface area contributed by atoms with E-state index in [-0.39, 0.29) is 17.1 Å². The predicted molar refractivity (Wildman–Crippen MR) is 122 cm³/mol. The van der Waals surface area contributed by atoms with Gasteiger partial charge in [-0.1, -0.05) is 36.4 Å². The second-order valence-corrected chi connectivity index (χ2v) is 9.21. The van der Waals surface area contributed by atoms with Gasteiger partial charge in [-0.3, -0.25) is 4.79 Å². The van der Waals surface area contributed by atoms with Crippen LogP contribution in [0.2, 0.25) is 0 Å². The number of hydrogen-bond donors (Lipinski definition) is 2. The summed E-state index contributed by atoms with van der Waals surface area (Å²) in [5.74, 6) is -1.28. The number of nitrogens with one attached hydrogen (secondary N) is 2. The first kappa shape index (κ1) is 23.4. The van der Waals surface area contributed by atoms with E-state index < -0.39 is 27.8 Å². The Kier molecular flexibility index (Phi) is 7.27. The second kappa shape index (κ2) is 9.93. The fourth-order valence-electron chi connectivity index (χ4n) is 3.43. The van der Waals surface area contributed by atoms with Crippen molar-refractivity contribution in [3.8, 4) is 5.75 Å². The molecular weight excluding hydrogens is 431 g/mol. The van der Waals surface area contributed by atoms with Crippen LogP contribution in [-0.4, -0.2) is 27.5 Å². The quantitative estimate of drug-likeness (QED) is 0.537. The lowest BCUT2D eigenvalue weighted by Gasteiger charge is -2.20. The van der Waals surface area contributed by atoms with Crippen molar-refractivity contribution in [3.63, 3.8) is 0 Å². The number of anilines is 1. The number of benzene rings is 3. The van der Waals surface area contributed by atoms with Crippen molar-refractivity contribution in [1.29, 1.82) is 0 Å². The van der Waals surface area contributed by atoms with E-state index in [4.69, 9.17) is 4.74 Å². The molecule has 3 aromatic carbocycles. The minimum atomic E-state index is -4.27. The van der Waals surface area contributed by atoms with Crippen LogP contribution in [0.5, 0.6) is 5.75 Å². The standard InChI is InChI=1S/C24H25FN2O4S/c1-16-11-17(2)13-20(12-16)26-24(28)21(14-18-7-5-4-6-8-18)27-32(29,30)23-15-19(25)9-10-22(23)31-3/h4-13,15,21,27H,14H2,1-3H3,(H,26,28). The molecule has 168 valence electrons. The first-order valence-electron chi connectivity index (χ1n) is 9.97. The van der Waals surface area contributed by atoms with Gasteiger partial charge in [0.05, 0.1) is 7.11 Å². The van der Waals surface area contributed by atoms with E-state index in [0.29, 0.717) is 5.69 Å². The lowest BCUT2D eigenvalue weighted by molar-refractivity contribution is -0.117. The first-order chi connectivity index (χ1) is 15.2. The molecule has 2 N–H and O–H groups in total. The molecule has 1 amide bonds. The molecule has 0 spiro atoms. The third kappa shape index (κ3) is 5.93. The molecular formula is C24H25FN2O4S. The number of carbonyl (C=O) groups is 1. The van der Waals surface area contributed by atoms with Gasteiger partial charge in [0.25, 0.3) is 0 Å². The van der Waals surface area contributed by atoms with Crippen molar-refractivity contribution in [3.05, 3.63) is 89.2 Å². The minimum absolute atomic E-state index is 0.0212. The molecule has 3 rings (SSSR count). The van der Waals surface area contributed by atoms with Crippen LogP contribution in [0.15, 0.2) is 71.6 Å². The molecule has 0 bridgehead atoms. The van der Waals surface area contributed by atoms with Crippen LogP contribution in [0.25, 0.3) is 0 Å². The Morgan fingerprint density at radius 2 is 1.66 bits per heavy atom. The van der Waals surface area contributed by atoms with Gasteiger partial charge in [-0.15, -0.1) is 0 Å². The molecule has 6 nitrogen and oxygen atoms in total. The van der Waals surface area contributed by atoms with Crippen molar-refractivity contribution in [2.24, 2.45) is 0 Å². The van der Waals surface area contributed by atoms with E-state index >= 15 is 0 Å². The number of ether oxygens (including phenoxy) is 1. The van der Waals surface area contributed by atoms with E-state index in [1.165, 1.54) is 13.2 Å². The molecule has 3 aromatic rings. The van der Waals surface area contributed by atoms with Crippen LogP contribution < -0.4 is 14.8 Å². The second-order valence-electron chi connectivity index (χ2n) is 7.52. The Morgan fingerprint density at radius 1 is 1.00 bits per heavy atom. The highest BCUT2D eigenvalue weighted by molar-refractivity contribution is 7.89. The Hall–Kier alpha value is -3.23. The van der Waals surface area contributed by atoms with Gasteiger partial charge >= 0.3 is 0 Å². The largest absolute Gasteiger partial charge is 0.495 e. The van der Waals surface area contributed by atoms with Gasteiger partial charge in [-0.05, 0) is 67.3 Å². The van der Waals surface area contributed by atoms with Crippen LogP contribution in [0.4, 0.5) is 10.1 Å². The molecule has 0 radical (unpaired) electrons. The van der Waals surface area contributed by atoms with Crippen molar-refractivity contribution >= 4 is 21.6 Å². The van der Waals surface area contributed by atoms with Gasteiger partial charge in [-0.25, -0.2) is 12.8 Å². The zero-order valence-corrected chi connectivity index (χ0v) is 18.9. The highest BCUT2D eigenvalue weighted by Gasteiger charge is 2.29. The van der Waals surface area contributed by atoms with E-state index in [1.54, 1.807) is 36.4 Å². The summed E-state index contributed by atoms with van der Waals surface area (Å²) in [5, 5.41) is 2.79. The van der Waals surface area contributed by atoms with Crippen molar-refractivity contribution < 1.29 is 22.3 Å². The Morgan fingerprint density at radius 3 is 2.28 bits per heavy atom. The fraction of sp³-hybridized carbons (Fsp3) is 0.208. The molecule has 0 fully saturated rings. The van der Waals surface area contributed by atoms with Crippen LogP contribution >= 0.6 is 0 Å². The van der Waals surface area contributed by atoms with Gasteiger partial charge in [-0.2, -0.15) is 4.72 Å². The van der Waals surface area contributed by atoms with Crippen LogP contribution in [-0.2, 0) is 21.2 Å². The van der Waals surface area contributed by atoms with E-state index in [9.17, 15) is 17.6 Å². The Labute approximate surface area is 187 Å². The monoisotopic (exact) mass is 456 g/mol. The van der Waals surface area contributed by atoms with Gasteiger partial charge in [0.1, 0.15) is 22.5 Å². The van der Waals surface area contributed by atoms with Crippen molar-refractivity contribution in [2.45, 2.75) is 31.2 Å². The summed E-state index contributed by atoms with van der Waals surface area (Å²) < 4.78 is 47.5. The number of rotatable bonds is 8. The average Bonchev–Trinajstić information content (AvgIpc) is 2.73. The number of halogens is 1. The van der Waals surface area contributed by atoms with E-state index in [2.05, 4.69) is 10.0 Å². The van der Waals surface area contributed by atoms with Crippen LogP contribution in [0.3, 0.4) is 0 Å². The van der Waals surface area contributed by atoms with Crippen molar-refractivity contribution in [1.82, 2.24) is 4.72 Å². The summed E-state index contributed by atoms with van der Waals surface area (Å²) in [6.07, 6.45) is 0.105. The zero-order chi connectivity index (χ0) is 23.3. The van der Waals surface area contributed by atoms with Gasteiger partial charge in [0, 0.05) is 5.69 Å². The van der Waals surface area contributed by atoms with Crippen molar-refractivity contribution in [2.75, 3.05) is 12.4 Å². The Balaban J connectivity index is 1.93. The summed E-state index contributed by atoms with van der Waals surface area (Å²) >= 11 is 0. The average molecular weight is 457 g/mol. The summed E-state index contributed by atoms with van der Waals surface area (Å²) in [7, 11) is -2.98. The molecule has 0 aliphatic heterocycles. The summed E-state index contributed by atoms with van der Waals surface area (Å²) in [4.78, 5) is 12.7. The zero-order valence-electron chi connectivity index (χ0n) is 18.1. The molecule has 1 unspecified atom stereocenters. The number of sulfonamides is 1. The number of aryl methyl sites for hydroxylation is 2. The molecule has 0 aliphatic carbocycles. The molecule has 0 aliphatic rings. The molecule has 0 heterocycles. The lowest BCUT2D eigenvalue weighted by Crippen LogP contribution is -2.45. The van der Waals surface area contributed by atoms with Gasteiger partial charge < -0.3 is 10.1 Å². The number of hydrogen-bond acceptors (Lipinski definition) is 4. The maximum Gasteiger partial charge on any atom is 0.245 e. The highest BCUT2D eigenvalue weighted by Crippen LogP contribution is 2.25. The maximum atomic E-state index is 13.8. The van der Waals surface area contributed by atoms with E-state index in [0.717, 1.165) is 28.8 Å². The third-order valence-electron chi connectivity index (χ3n) is 4.80. The summed E-state index contributed by atoms with van der Waals surface area (Å²) in [5.41, 5.74) is 3.25. The smallest absolute Gasteiger partial charge is 0.245 e. The summed E-state index contributed by atoms with van der Waals surface area (Å²) in [6, 6.07) is 16.7. The molecule has 0 saturated carbocycles. The minimum Gasteiger partial charge on any atom is -0.495 e. The molecule has 0 aromatic heterocycles. The van der Waals surface area contributed by atoms with E-state index in [1.807, 2.05) is 26.0 Å². The molecule has 1 atom stereocenters. The Bertz CT molecular complexity index is 1190.